The number of carbonyl (C=O) groups is 2. The van der Waals surface area contributed by atoms with Crippen molar-refractivity contribution in [2.75, 3.05) is 23.9 Å². The molecule has 1 N–H and O–H groups in total. The quantitative estimate of drug-likeness (QED) is 0.264. The van der Waals surface area contributed by atoms with E-state index in [9.17, 15) is 18.0 Å². The SMILES string of the molecule is CCCNC(=O)[C@@H](CC)N(CCc1ccccc1)C(=O)CN(c1cccc(Cl)c1Cl)S(=O)(=O)c1ccc(C)cc1. The highest BCUT2D eigenvalue weighted by molar-refractivity contribution is 7.92. The molecule has 0 aliphatic heterocycles. The molecule has 0 heterocycles. The van der Waals surface area contributed by atoms with E-state index < -0.39 is 28.5 Å². The van der Waals surface area contributed by atoms with Gasteiger partial charge in [0.1, 0.15) is 12.6 Å². The van der Waals surface area contributed by atoms with Gasteiger partial charge in [-0.25, -0.2) is 8.42 Å². The summed E-state index contributed by atoms with van der Waals surface area (Å²) in [7, 11) is -4.23. The Bertz CT molecular complexity index is 1400. The lowest BCUT2D eigenvalue weighted by atomic mass is 10.1. The third-order valence-electron chi connectivity index (χ3n) is 6.51. The van der Waals surface area contributed by atoms with Gasteiger partial charge in [-0.15, -0.1) is 0 Å². The molecule has 214 valence electrons. The minimum atomic E-state index is -4.23. The second-order valence-corrected chi connectivity index (χ2v) is 12.1. The van der Waals surface area contributed by atoms with Gasteiger partial charge >= 0.3 is 0 Å². The Morgan fingerprint density at radius 2 is 1.60 bits per heavy atom. The molecule has 10 heteroatoms. The van der Waals surface area contributed by atoms with Crippen molar-refractivity contribution in [1.29, 1.82) is 0 Å². The Morgan fingerprint density at radius 1 is 0.925 bits per heavy atom. The van der Waals surface area contributed by atoms with Crippen LogP contribution in [0.2, 0.25) is 10.0 Å². The summed E-state index contributed by atoms with van der Waals surface area (Å²) in [5, 5.41) is 3.04. The number of aryl methyl sites for hydroxylation is 1. The van der Waals surface area contributed by atoms with Crippen LogP contribution >= 0.6 is 23.2 Å². The fourth-order valence-electron chi connectivity index (χ4n) is 4.30. The molecule has 3 aromatic rings. The fraction of sp³-hybridized carbons (Fsp3) is 0.333. The molecule has 2 amide bonds. The van der Waals surface area contributed by atoms with Gasteiger partial charge in [0, 0.05) is 13.1 Å². The molecule has 0 radical (unpaired) electrons. The zero-order valence-corrected chi connectivity index (χ0v) is 25.3. The number of carbonyl (C=O) groups excluding carboxylic acids is 2. The lowest BCUT2D eigenvalue weighted by Crippen LogP contribution is -2.53. The van der Waals surface area contributed by atoms with Crippen LogP contribution in [0.5, 0.6) is 0 Å². The Labute approximate surface area is 247 Å². The molecule has 0 saturated carbocycles. The minimum Gasteiger partial charge on any atom is -0.354 e. The van der Waals surface area contributed by atoms with E-state index in [2.05, 4.69) is 5.32 Å². The smallest absolute Gasteiger partial charge is 0.264 e. The first-order valence-electron chi connectivity index (χ1n) is 13.2. The Balaban J connectivity index is 2.04. The predicted octanol–water partition coefficient (Wildman–Crippen LogP) is 5.87. The Morgan fingerprint density at radius 3 is 2.23 bits per heavy atom. The van der Waals surface area contributed by atoms with Crippen LogP contribution in [0.15, 0.2) is 77.7 Å². The van der Waals surface area contributed by atoms with Crippen molar-refractivity contribution in [2.24, 2.45) is 0 Å². The number of nitrogens with zero attached hydrogens (tertiary/aromatic N) is 2. The lowest BCUT2D eigenvalue weighted by molar-refractivity contribution is -0.139. The first kappa shape index (κ1) is 31.5. The van der Waals surface area contributed by atoms with E-state index in [0.717, 1.165) is 21.9 Å². The highest BCUT2D eigenvalue weighted by Gasteiger charge is 2.34. The van der Waals surface area contributed by atoms with Crippen molar-refractivity contribution < 1.29 is 18.0 Å². The summed E-state index contributed by atoms with van der Waals surface area (Å²) in [5.41, 5.74) is 1.96. The Hall–Kier alpha value is -3.07. The third kappa shape index (κ3) is 7.77. The largest absolute Gasteiger partial charge is 0.354 e. The minimum absolute atomic E-state index is 0.00510. The molecule has 0 fully saturated rings. The highest BCUT2D eigenvalue weighted by atomic mass is 35.5. The number of hydrogen-bond acceptors (Lipinski definition) is 4. The van der Waals surface area contributed by atoms with Crippen molar-refractivity contribution in [1.82, 2.24) is 10.2 Å². The van der Waals surface area contributed by atoms with Gasteiger partial charge in [-0.05, 0) is 56.0 Å². The second kappa shape index (κ2) is 14.5. The van der Waals surface area contributed by atoms with Crippen LogP contribution in [0.3, 0.4) is 0 Å². The maximum atomic E-state index is 14.0. The average Bonchev–Trinajstić information content (AvgIpc) is 2.95. The van der Waals surface area contributed by atoms with Gasteiger partial charge in [0.25, 0.3) is 10.0 Å². The summed E-state index contributed by atoms with van der Waals surface area (Å²) < 4.78 is 28.8. The van der Waals surface area contributed by atoms with Crippen LogP contribution in [-0.2, 0) is 26.0 Å². The summed E-state index contributed by atoms with van der Waals surface area (Å²) >= 11 is 12.7. The van der Waals surface area contributed by atoms with Crippen LogP contribution in [0.4, 0.5) is 5.69 Å². The van der Waals surface area contributed by atoms with Gasteiger partial charge < -0.3 is 10.2 Å². The zero-order chi connectivity index (χ0) is 29.3. The summed E-state index contributed by atoms with van der Waals surface area (Å²) in [4.78, 5) is 28.6. The molecule has 7 nitrogen and oxygen atoms in total. The molecular formula is C30H35Cl2N3O4S. The van der Waals surface area contributed by atoms with Crippen LogP contribution in [0.25, 0.3) is 0 Å². The zero-order valence-electron chi connectivity index (χ0n) is 22.9. The van der Waals surface area contributed by atoms with Crippen molar-refractivity contribution in [3.05, 3.63) is 94.0 Å². The molecule has 0 aromatic heterocycles. The van der Waals surface area contributed by atoms with E-state index >= 15 is 0 Å². The monoisotopic (exact) mass is 603 g/mol. The van der Waals surface area contributed by atoms with Crippen molar-refractivity contribution in [2.45, 2.75) is 51.0 Å². The molecule has 1 atom stereocenters. The van der Waals surface area contributed by atoms with Crippen LogP contribution in [0, 0.1) is 6.92 Å². The normalized spacial score (nSPS) is 12.0. The predicted molar refractivity (Wildman–Crippen MR) is 161 cm³/mol. The second-order valence-electron chi connectivity index (χ2n) is 9.44. The maximum Gasteiger partial charge on any atom is 0.264 e. The third-order valence-corrected chi connectivity index (χ3v) is 9.09. The molecule has 0 unspecified atom stereocenters. The van der Waals surface area contributed by atoms with Gasteiger partial charge in [-0.1, -0.05) is 91.1 Å². The van der Waals surface area contributed by atoms with Crippen LogP contribution in [0.1, 0.15) is 37.8 Å². The molecule has 0 spiro atoms. The van der Waals surface area contributed by atoms with Gasteiger partial charge in [-0.3, -0.25) is 13.9 Å². The van der Waals surface area contributed by atoms with Crippen molar-refractivity contribution >= 4 is 50.7 Å². The number of benzene rings is 3. The summed E-state index contributed by atoms with van der Waals surface area (Å²) in [6.07, 6.45) is 1.60. The number of halogens is 2. The van der Waals surface area contributed by atoms with E-state index in [0.29, 0.717) is 19.4 Å². The van der Waals surface area contributed by atoms with E-state index in [1.54, 1.807) is 24.3 Å². The van der Waals surface area contributed by atoms with E-state index in [-0.39, 0.29) is 33.1 Å². The highest BCUT2D eigenvalue weighted by Crippen LogP contribution is 2.35. The number of rotatable bonds is 13. The Kier molecular flexibility index (Phi) is 11.4. The van der Waals surface area contributed by atoms with Gasteiger partial charge in [-0.2, -0.15) is 0 Å². The van der Waals surface area contributed by atoms with E-state index in [1.807, 2.05) is 51.1 Å². The summed E-state index contributed by atoms with van der Waals surface area (Å²) in [5.74, 6) is -0.805. The molecule has 3 aromatic carbocycles. The first-order chi connectivity index (χ1) is 19.1. The van der Waals surface area contributed by atoms with Gasteiger partial charge in [0.15, 0.2) is 0 Å². The van der Waals surface area contributed by atoms with Crippen molar-refractivity contribution in [3.8, 4) is 0 Å². The molecule has 3 rings (SSSR count). The van der Waals surface area contributed by atoms with Gasteiger partial charge in [0.05, 0.1) is 20.6 Å². The number of sulfonamides is 1. The number of amides is 2. The number of nitrogens with one attached hydrogen (secondary N) is 1. The standard InChI is InChI=1S/C30H35Cl2N3O4S/c1-4-19-33-30(37)26(5-2)34(20-18-23-10-7-6-8-11-23)28(36)21-35(27-13-9-12-25(31)29(27)32)40(38,39)24-16-14-22(3)15-17-24/h6-17,26H,4-5,18-21H2,1-3H3,(H,33,37)/t26-/m1/s1. The molecule has 0 bridgehead atoms. The average molecular weight is 605 g/mol. The summed E-state index contributed by atoms with van der Waals surface area (Å²) in [6, 6.07) is 19.8. The molecule has 0 aliphatic rings. The molecule has 0 saturated heterocycles. The molecule has 40 heavy (non-hydrogen) atoms. The van der Waals surface area contributed by atoms with Crippen molar-refractivity contribution in [3.63, 3.8) is 0 Å². The summed E-state index contributed by atoms with van der Waals surface area (Å²) in [6.45, 7) is 5.76. The number of anilines is 1. The topological polar surface area (TPSA) is 86.8 Å². The van der Waals surface area contributed by atoms with E-state index in [4.69, 9.17) is 23.2 Å². The molecule has 0 aliphatic carbocycles. The fourth-order valence-corrected chi connectivity index (χ4v) is 6.17. The van der Waals surface area contributed by atoms with Crippen LogP contribution < -0.4 is 9.62 Å². The van der Waals surface area contributed by atoms with E-state index in [1.165, 1.54) is 23.1 Å². The maximum absolute atomic E-state index is 14.0. The van der Waals surface area contributed by atoms with Crippen LogP contribution in [-0.4, -0.2) is 50.8 Å². The lowest BCUT2D eigenvalue weighted by Gasteiger charge is -2.33. The van der Waals surface area contributed by atoms with Gasteiger partial charge in [0.2, 0.25) is 11.8 Å². The number of hydrogen-bond donors (Lipinski definition) is 1. The first-order valence-corrected chi connectivity index (χ1v) is 15.4. The molecular weight excluding hydrogens is 569 g/mol.